The molecule has 0 amide bonds. The first-order valence-electron chi connectivity index (χ1n) is 9.02. The molecule has 1 N–H and O–H groups in total. The van der Waals surface area contributed by atoms with Crippen LogP contribution in [0.15, 0.2) is 11.8 Å². The Morgan fingerprint density at radius 3 is 1.79 bits per heavy atom. The smallest absolute Gasteiger partial charge is 0.144 e. The summed E-state index contributed by atoms with van der Waals surface area (Å²) < 4.78 is 2.11. The van der Waals surface area contributed by atoms with E-state index in [2.05, 4.69) is 104 Å². The van der Waals surface area contributed by atoms with Crippen LogP contribution in [0.2, 0.25) is 19.6 Å². The molecule has 4 heteroatoms. The monoisotopic (exact) mass is 349 g/mol. The number of hydrogen-bond donors (Lipinski definition) is 1. The average Bonchev–Trinajstić information content (AvgIpc) is 2.68. The summed E-state index contributed by atoms with van der Waals surface area (Å²) in [5.74, 6) is 0. The summed E-state index contributed by atoms with van der Waals surface area (Å²) >= 11 is 0. The Kier molecular flexibility index (Phi) is 5.57. The summed E-state index contributed by atoms with van der Waals surface area (Å²) in [6.07, 6.45) is 2.22. The maximum atomic E-state index is 4.95. The van der Waals surface area contributed by atoms with Crippen LogP contribution < -0.4 is 4.98 Å². The standard InChI is InChI=1S/C20H39N3Si/c1-18(2,3)15-13-17(20(7,8)9)23(21-15)14-16(19(4,5)6)22-24(10,11)12/h13-14,22H,1-12H3/b16-14+. The van der Waals surface area contributed by atoms with E-state index in [4.69, 9.17) is 5.10 Å². The van der Waals surface area contributed by atoms with Crippen LogP contribution in [0.1, 0.15) is 73.7 Å². The Morgan fingerprint density at radius 1 is 0.958 bits per heavy atom. The molecule has 0 aromatic carbocycles. The van der Waals surface area contributed by atoms with Crippen LogP contribution in [0.4, 0.5) is 0 Å². The van der Waals surface area contributed by atoms with Crippen LogP contribution in [-0.2, 0) is 10.8 Å². The predicted octanol–water partition coefficient (Wildman–Crippen LogP) is 5.75. The Balaban J connectivity index is 3.54. The van der Waals surface area contributed by atoms with Crippen LogP contribution in [0, 0.1) is 5.41 Å². The molecule has 24 heavy (non-hydrogen) atoms. The second-order valence-electron chi connectivity index (χ2n) is 11.0. The molecule has 0 saturated carbocycles. The van der Waals surface area contributed by atoms with E-state index in [0.29, 0.717) is 0 Å². The van der Waals surface area contributed by atoms with Gasteiger partial charge in [0.2, 0.25) is 0 Å². The molecule has 1 rings (SSSR count). The van der Waals surface area contributed by atoms with Crippen molar-refractivity contribution in [1.29, 1.82) is 0 Å². The van der Waals surface area contributed by atoms with Crippen LogP contribution in [0.25, 0.3) is 6.20 Å². The van der Waals surface area contributed by atoms with Gasteiger partial charge in [-0.15, -0.1) is 0 Å². The van der Waals surface area contributed by atoms with Gasteiger partial charge >= 0.3 is 0 Å². The maximum Gasteiger partial charge on any atom is 0.144 e. The summed E-state index contributed by atoms with van der Waals surface area (Å²) in [5.41, 5.74) is 3.82. The van der Waals surface area contributed by atoms with Crippen molar-refractivity contribution in [3.63, 3.8) is 0 Å². The van der Waals surface area contributed by atoms with Crippen LogP contribution >= 0.6 is 0 Å². The first kappa shape index (κ1) is 21.0. The minimum Gasteiger partial charge on any atom is -0.412 e. The van der Waals surface area contributed by atoms with E-state index >= 15 is 0 Å². The first-order chi connectivity index (χ1) is 10.4. The fraction of sp³-hybridized carbons (Fsp3) is 0.750. The van der Waals surface area contributed by atoms with Crippen LogP contribution in [0.3, 0.4) is 0 Å². The van der Waals surface area contributed by atoms with E-state index in [1.165, 1.54) is 11.4 Å². The predicted molar refractivity (Wildman–Crippen MR) is 110 cm³/mol. The lowest BCUT2D eigenvalue weighted by Gasteiger charge is -2.31. The normalized spacial score (nSPS) is 14.9. The SMILES string of the molecule is CC(C)(C)/C(=C\n1nc(C(C)(C)C)cc1C(C)(C)C)N[Si](C)(C)C. The Labute approximate surface area is 151 Å². The third kappa shape index (κ3) is 5.80. The number of nitrogens with zero attached hydrogens (tertiary/aromatic N) is 2. The lowest BCUT2D eigenvalue weighted by Crippen LogP contribution is -2.44. The summed E-state index contributed by atoms with van der Waals surface area (Å²) in [6.45, 7) is 27.2. The van der Waals surface area contributed by atoms with Gasteiger partial charge < -0.3 is 4.98 Å². The highest BCUT2D eigenvalue weighted by atomic mass is 28.3. The first-order valence-corrected chi connectivity index (χ1v) is 12.5. The molecule has 0 fully saturated rings. The largest absolute Gasteiger partial charge is 0.412 e. The third-order valence-electron chi connectivity index (χ3n) is 3.84. The molecule has 0 saturated heterocycles. The highest BCUT2D eigenvalue weighted by molar-refractivity contribution is 6.74. The Morgan fingerprint density at radius 2 is 1.46 bits per heavy atom. The van der Waals surface area contributed by atoms with Gasteiger partial charge in [-0.05, 0) is 6.07 Å². The summed E-state index contributed by atoms with van der Waals surface area (Å²) in [4.78, 5) is 3.81. The number of nitrogens with one attached hydrogen (secondary N) is 1. The van der Waals surface area contributed by atoms with Gasteiger partial charge in [0.1, 0.15) is 8.24 Å². The molecule has 0 bridgehead atoms. The molecule has 1 aromatic heterocycles. The molecule has 3 nitrogen and oxygen atoms in total. The van der Waals surface area contributed by atoms with Gasteiger partial charge in [-0.25, -0.2) is 4.68 Å². The van der Waals surface area contributed by atoms with Gasteiger partial charge in [0, 0.05) is 33.8 Å². The lowest BCUT2D eigenvalue weighted by molar-refractivity contribution is 0.481. The zero-order valence-electron chi connectivity index (χ0n) is 18.0. The van der Waals surface area contributed by atoms with E-state index in [0.717, 1.165) is 5.69 Å². The van der Waals surface area contributed by atoms with Crippen molar-refractivity contribution in [3.05, 3.63) is 23.2 Å². The van der Waals surface area contributed by atoms with Gasteiger partial charge in [-0.2, -0.15) is 5.10 Å². The summed E-state index contributed by atoms with van der Waals surface area (Å²) in [7, 11) is -1.44. The molecular weight excluding hydrogens is 310 g/mol. The third-order valence-corrected chi connectivity index (χ3v) is 4.86. The van der Waals surface area contributed by atoms with Crippen molar-refractivity contribution in [2.24, 2.45) is 5.41 Å². The fourth-order valence-corrected chi connectivity index (χ4v) is 3.61. The zero-order chi connectivity index (χ0) is 19.1. The molecule has 1 heterocycles. The van der Waals surface area contributed by atoms with Gasteiger partial charge in [0.15, 0.2) is 0 Å². The molecule has 138 valence electrons. The van der Waals surface area contributed by atoms with Crippen molar-refractivity contribution in [2.45, 2.75) is 92.8 Å². The van der Waals surface area contributed by atoms with Gasteiger partial charge in [0.25, 0.3) is 0 Å². The quantitative estimate of drug-likeness (QED) is 0.704. The zero-order valence-corrected chi connectivity index (χ0v) is 19.0. The van der Waals surface area contributed by atoms with Gasteiger partial charge in [0.05, 0.1) is 5.69 Å². The number of allylic oxidation sites excluding steroid dienone is 1. The summed E-state index contributed by atoms with van der Waals surface area (Å²) in [5, 5.41) is 4.95. The number of aromatic nitrogens is 2. The van der Waals surface area contributed by atoms with Crippen molar-refractivity contribution in [1.82, 2.24) is 14.8 Å². The Hall–Kier alpha value is -1.03. The second kappa shape index (κ2) is 6.36. The average molecular weight is 350 g/mol. The van der Waals surface area contributed by atoms with Crippen molar-refractivity contribution < 1.29 is 0 Å². The molecule has 0 aliphatic heterocycles. The molecule has 0 unspecified atom stereocenters. The van der Waals surface area contributed by atoms with E-state index in [9.17, 15) is 0 Å². The van der Waals surface area contributed by atoms with E-state index < -0.39 is 8.24 Å². The van der Waals surface area contributed by atoms with Crippen molar-refractivity contribution in [2.75, 3.05) is 0 Å². The fourth-order valence-electron chi connectivity index (χ4n) is 2.36. The van der Waals surface area contributed by atoms with Gasteiger partial charge in [-0.3, -0.25) is 0 Å². The minimum atomic E-state index is -1.44. The van der Waals surface area contributed by atoms with E-state index in [-0.39, 0.29) is 16.2 Å². The second-order valence-corrected chi connectivity index (χ2v) is 15.8. The van der Waals surface area contributed by atoms with Gasteiger partial charge in [-0.1, -0.05) is 82.0 Å². The van der Waals surface area contributed by atoms with E-state index in [1.54, 1.807) is 0 Å². The highest BCUT2D eigenvalue weighted by Crippen LogP contribution is 2.31. The molecule has 0 aliphatic rings. The molecular formula is C20H39N3Si. The van der Waals surface area contributed by atoms with E-state index in [1.807, 2.05) is 0 Å². The minimum absolute atomic E-state index is 0.0488. The molecule has 0 radical (unpaired) electrons. The Bertz CT molecular complexity index is 597. The highest BCUT2D eigenvalue weighted by Gasteiger charge is 2.28. The number of rotatable bonds is 3. The maximum absolute atomic E-state index is 4.95. The molecule has 1 aromatic rings. The summed E-state index contributed by atoms with van der Waals surface area (Å²) in [6, 6.07) is 2.27. The topological polar surface area (TPSA) is 29.9 Å². The van der Waals surface area contributed by atoms with Crippen molar-refractivity contribution >= 4 is 14.4 Å². The molecule has 0 spiro atoms. The van der Waals surface area contributed by atoms with Crippen LogP contribution in [0.5, 0.6) is 0 Å². The number of hydrogen-bond acceptors (Lipinski definition) is 2. The molecule has 0 aliphatic carbocycles. The molecule has 0 atom stereocenters. The van der Waals surface area contributed by atoms with Crippen LogP contribution in [-0.4, -0.2) is 18.0 Å². The lowest BCUT2D eigenvalue weighted by atomic mass is 9.88. The van der Waals surface area contributed by atoms with Crippen molar-refractivity contribution in [3.8, 4) is 0 Å².